The molecule has 2 rings (SSSR count). The van der Waals surface area contributed by atoms with Gasteiger partial charge in [0.1, 0.15) is 10.8 Å². The van der Waals surface area contributed by atoms with Crippen LogP contribution in [0.1, 0.15) is 39.5 Å². The molecule has 1 aromatic heterocycles. The van der Waals surface area contributed by atoms with E-state index >= 15 is 0 Å². The first-order valence-corrected chi connectivity index (χ1v) is 8.48. The summed E-state index contributed by atoms with van der Waals surface area (Å²) in [5, 5.41) is 13.6. The second kappa shape index (κ2) is 8.44. The van der Waals surface area contributed by atoms with Crippen LogP contribution in [0, 0.1) is 13.8 Å². The molecule has 24 heavy (non-hydrogen) atoms. The van der Waals surface area contributed by atoms with Crippen molar-refractivity contribution in [2.45, 2.75) is 33.2 Å². The van der Waals surface area contributed by atoms with Crippen LogP contribution in [0.2, 0.25) is 0 Å². The van der Waals surface area contributed by atoms with Crippen molar-refractivity contribution >= 4 is 23.2 Å². The SMILES string of the molecule is Cc1ccc(OCCCC(=O)NCc2nc(C(=O)O)cs2)cc1C. The molecule has 0 saturated heterocycles. The van der Waals surface area contributed by atoms with E-state index in [1.807, 2.05) is 32.0 Å². The molecule has 6 nitrogen and oxygen atoms in total. The van der Waals surface area contributed by atoms with Crippen molar-refractivity contribution in [2.24, 2.45) is 0 Å². The van der Waals surface area contributed by atoms with Gasteiger partial charge < -0.3 is 15.2 Å². The topological polar surface area (TPSA) is 88.5 Å². The third kappa shape index (κ3) is 5.34. The van der Waals surface area contributed by atoms with Crippen molar-refractivity contribution in [3.05, 3.63) is 45.4 Å². The van der Waals surface area contributed by atoms with Crippen molar-refractivity contribution in [1.82, 2.24) is 10.3 Å². The van der Waals surface area contributed by atoms with Crippen LogP contribution in [0.15, 0.2) is 23.6 Å². The van der Waals surface area contributed by atoms with Gasteiger partial charge in [0.05, 0.1) is 13.2 Å². The summed E-state index contributed by atoms with van der Waals surface area (Å²) in [7, 11) is 0. The Hall–Kier alpha value is -2.41. The van der Waals surface area contributed by atoms with Gasteiger partial charge >= 0.3 is 5.97 Å². The molecular weight excluding hydrogens is 328 g/mol. The van der Waals surface area contributed by atoms with Crippen LogP contribution in [0.5, 0.6) is 5.75 Å². The standard InChI is InChI=1S/C17H20N2O4S/c1-11-5-6-13(8-12(11)2)23-7-3-4-15(20)18-9-16-19-14(10-24-16)17(21)22/h5-6,8,10H,3-4,7,9H2,1-2H3,(H,18,20)(H,21,22). The maximum absolute atomic E-state index is 11.8. The van der Waals surface area contributed by atoms with E-state index in [1.54, 1.807) is 0 Å². The summed E-state index contributed by atoms with van der Waals surface area (Å²) in [5.41, 5.74) is 2.40. The summed E-state index contributed by atoms with van der Waals surface area (Å²) < 4.78 is 5.63. The van der Waals surface area contributed by atoms with Crippen molar-refractivity contribution in [2.75, 3.05) is 6.61 Å². The minimum absolute atomic E-state index is 0.00559. The number of aromatic nitrogens is 1. The van der Waals surface area contributed by atoms with Crippen LogP contribution in [-0.2, 0) is 11.3 Å². The summed E-state index contributed by atoms with van der Waals surface area (Å²) in [6, 6.07) is 5.92. The second-order valence-electron chi connectivity index (χ2n) is 5.41. The summed E-state index contributed by atoms with van der Waals surface area (Å²) in [5.74, 6) is -0.361. The fourth-order valence-corrected chi connectivity index (χ4v) is 2.69. The van der Waals surface area contributed by atoms with Crippen molar-refractivity contribution in [3.8, 4) is 5.75 Å². The predicted molar refractivity (Wildman–Crippen MR) is 91.6 cm³/mol. The minimum Gasteiger partial charge on any atom is -0.494 e. The van der Waals surface area contributed by atoms with Gasteiger partial charge in [-0.25, -0.2) is 9.78 Å². The van der Waals surface area contributed by atoms with E-state index in [2.05, 4.69) is 10.3 Å². The summed E-state index contributed by atoms with van der Waals surface area (Å²) in [4.78, 5) is 26.4. The molecule has 7 heteroatoms. The normalized spacial score (nSPS) is 10.4. The van der Waals surface area contributed by atoms with Gasteiger partial charge in [-0.2, -0.15) is 0 Å². The number of carbonyl (C=O) groups is 2. The molecular formula is C17H20N2O4S. The highest BCUT2D eigenvalue weighted by Crippen LogP contribution is 2.16. The molecule has 1 aromatic carbocycles. The van der Waals surface area contributed by atoms with E-state index in [-0.39, 0.29) is 18.1 Å². The number of rotatable bonds is 8. The Bertz CT molecular complexity index is 727. The zero-order chi connectivity index (χ0) is 17.5. The molecule has 0 aliphatic rings. The number of nitrogens with one attached hydrogen (secondary N) is 1. The number of ether oxygens (including phenoxy) is 1. The van der Waals surface area contributed by atoms with Gasteiger partial charge in [0.2, 0.25) is 5.91 Å². The summed E-state index contributed by atoms with van der Waals surface area (Å²) in [6.07, 6.45) is 0.957. The highest BCUT2D eigenvalue weighted by atomic mass is 32.1. The van der Waals surface area contributed by atoms with Crippen LogP contribution >= 0.6 is 11.3 Å². The number of hydrogen-bond acceptors (Lipinski definition) is 5. The molecule has 1 amide bonds. The molecule has 0 spiro atoms. The van der Waals surface area contributed by atoms with E-state index in [1.165, 1.54) is 27.8 Å². The number of amides is 1. The van der Waals surface area contributed by atoms with Crippen LogP contribution in [0.3, 0.4) is 0 Å². The van der Waals surface area contributed by atoms with E-state index in [0.717, 1.165) is 5.75 Å². The predicted octanol–water partition coefficient (Wildman–Crippen LogP) is 2.93. The number of hydrogen-bond donors (Lipinski definition) is 2. The lowest BCUT2D eigenvalue weighted by Gasteiger charge is -2.08. The molecule has 2 aromatic rings. The lowest BCUT2D eigenvalue weighted by molar-refractivity contribution is -0.121. The molecule has 0 aliphatic heterocycles. The van der Waals surface area contributed by atoms with Gasteiger partial charge in [-0.1, -0.05) is 6.07 Å². The number of aromatic carboxylic acids is 1. The van der Waals surface area contributed by atoms with Crippen molar-refractivity contribution < 1.29 is 19.4 Å². The van der Waals surface area contributed by atoms with E-state index in [4.69, 9.17) is 9.84 Å². The summed E-state index contributed by atoms with van der Waals surface area (Å²) >= 11 is 1.22. The Morgan fingerprint density at radius 1 is 1.29 bits per heavy atom. The highest BCUT2D eigenvalue weighted by molar-refractivity contribution is 7.09. The molecule has 128 valence electrons. The lowest BCUT2D eigenvalue weighted by Crippen LogP contribution is -2.23. The third-order valence-corrected chi connectivity index (χ3v) is 4.35. The monoisotopic (exact) mass is 348 g/mol. The van der Waals surface area contributed by atoms with E-state index in [9.17, 15) is 9.59 Å². The quantitative estimate of drug-likeness (QED) is 0.716. The minimum atomic E-state index is -1.06. The van der Waals surface area contributed by atoms with Gasteiger partial charge in [0.15, 0.2) is 5.69 Å². The largest absolute Gasteiger partial charge is 0.494 e. The molecule has 0 aliphatic carbocycles. The van der Waals surface area contributed by atoms with Gasteiger partial charge in [-0.15, -0.1) is 11.3 Å². The van der Waals surface area contributed by atoms with Crippen LogP contribution in [-0.4, -0.2) is 28.6 Å². The average molecular weight is 348 g/mol. The lowest BCUT2D eigenvalue weighted by atomic mass is 10.1. The summed E-state index contributed by atoms with van der Waals surface area (Å²) in [6.45, 7) is 4.79. The first-order chi connectivity index (χ1) is 11.5. The Labute approximate surface area is 144 Å². The Morgan fingerprint density at radius 2 is 2.08 bits per heavy atom. The Morgan fingerprint density at radius 3 is 2.75 bits per heavy atom. The average Bonchev–Trinajstić information content (AvgIpc) is 3.02. The highest BCUT2D eigenvalue weighted by Gasteiger charge is 2.09. The van der Waals surface area contributed by atoms with E-state index < -0.39 is 5.97 Å². The number of benzene rings is 1. The second-order valence-corrected chi connectivity index (χ2v) is 6.35. The van der Waals surface area contributed by atoms with Gasteiger partial charge in [0, 0.05) is 11.8 Å². The maximum Gasteiger partial charge on any atom is 0.355 e. The molecule has 0 bridgehead atoms. The molecule has 0 fully saturated rings. The molecule has 1 heterocycles. The van der Waals surface area contributed by atoms with Crippen molar-refractivity contribution in [3.63, 3.8) is 0 Å². The van der Waals surface area contributed by atoms with Crippen molar-refractivity contribution in [1.29, 1.82) is 0 Å². The Balaban J connectivity index is 1.65. The maximum atomic E-state index is 11.8. The van der Waals surface area contributed by atoms with Crippen LogP contribution in [0.25, 0.3) is 0 Å². The number of carbonyl (C=O) groups excluding carboxylic acids is 1. The number of aryl methyl sites for hydroxylation is 2. The number of thiazole rings is 1. The fourth-order valence-electron chi connectivity index (χ4n) is 1.98. The van der Waals surface area contributed by atoms with Crippen LogP contribution < -0.4 is 10.1 Å². The van der Waals surface area contributed by atoms with Gasteiger partial charge in [-0.05, 0) is 43.5 Å². The van der Waals surface area contributed by atoms with Crippen LogP contribution in [0.4, 0.5) is 0 Å². The first kappa shape index (κ1) is 17.9. The number of nitrogens with zero attached hydrogens (tertiary/aromatic N) is 1. The third-order valence-electron chi connectivity index (χ3n) is 3.50. The number of carboxylic acid groups (broad SMARTS) is 1. The number of carboxylic acids is 1. The molecule has 2 N–H and O–H groups in total. The Kier molecular flexibility index (Phi) is 6.31. The van der Waals surface area contributed by atoms with Gasteiger partial charge in [0.25, 0.3) is 0 Å². The molecule has 0 atom stereocenters. The molecule has 0 radical (unpaired) electrons. The zero-order valence-corrected chi connectivity index (χ0v) is 14.5. The first-order valence-electron chi connectivity index (χ1n) is 7.60. The van der Waals surface area contributed by atoms with E-state index in [0.29, 0.717) is 24.5 Å². The zero-order valence-electron chi connectivity index (χ0n) is 13.7. The molecule has 0 unspecified atom stereocenters. The smallest absolute Gasteiger partial charge is 0.355 e. The molecule has 0 saturated carbocycles. The van der Waals surface area contributed by atoms with Gasteiger partial charge in [-0.3, -0.25) is 4.79 Å². The fraction of sp³-hybridized carbons (Fsp3) is 0.353.